The van der Waals surface area contributed by atoms with E-state index in [0.717, 1.165) is 10.5 Å². The van der Waals surface area contributed by atoms with Gasteiger partial charge in [0.15, 0.2) is 0 Å². The van der Waals surface area contributed by atoms with Gasteiger partial charge in [-0.05, 0) is 94.3 Å². The maximum Gasteiger partial charge on any atom is 0.329 e. The molecule has 0 spiro atoms. The second kappa shape index (κ2) is 28.7. The highest BCUT2D eigenvalue weighted by Gasteiger charge is 2.53. The van der Waals surface area contributed by atoms with Gasteiger partial charge in [0.25, 0.3) is 11.7 Å². The number of ether oxygens (including phenoxy) is 7. The Bertz CT molecular complexity index is 2040. The summed E-state index contributed by atoms with van der Waals surface area (Å²) in [6.07, 6.45) is 0.810. The third-order valence-electron chi connectivity index (χ3n) is 14.5. The van der Waals surface area contributed by atoms with Gasteiger partial charge in [0.1, 0.15) is 42.7 Å². The number of cyclic esters (lactones) is 1. The van der Waals surface area contributed by atoms with Gasteiger partial charge in [-0.25, -0.2) is 4.79 Å². The van der Waals surface area contributed by atoms with Gasteiger partial charge < -0.3 is 48.3 Å². The number of ketones is 1. The minimum Gasteiger partial charge on any atom is -0.462 e. The number of amides is 1. The summed E-state index contributed by atoms with van der Waals surface area (Å²) in [7, 11) is 0. The number of hydrogen-bond donors (Lipinski definition) is 2. The van der Waals surface area contributed by atoms with Crippen molar-refractivity contribution in [2.24, 2.45) is 29.6 Å². The summed E-state index contributed by atoms with van der Waals surface area (Å²) in [6.45, 7) is 22.6. The Hall–Kier alpha value is -4.94. The van der Waals surface area contributed by atoms with Crippen LogP contribution in [0.5, 0.6) is 0 Å². The van der Waals surface area contributed by atoms with E-state index < -0.39 is 120 Å². The monoisotopic (exact) mass is 1030 g/mol. The first-order chi connectivity index (χ1) is 34.1. The van der Waals surface area contributed by atoms with E-state index in [0.29, 0.717) is 36.8 Å². The van der Waals surface area contributed by atoms with Crippen LogP contribution in [0.25, 0.3) is 0 Å². The molecule has 2 N–H and O–H groups in total. The van der Waals surface area contributed by atoms with E-state index in [4.69, 9.17) is 33.2 Å². The number of nitrogens with zero attached hydrogens (tertiary/aromatic N) is 1. The van der Waals surface area contributed by atoms with Crippen LogP contribution in [0.15, 0.2) is 34.9 Å². The van der Waals surface area contributed by atoms with E-state index in [9.17, 15) is 48.6 Å². The third-order valence-corrected chi connectivity index (χ3v) is 14.5. The van der Waals surface area contributed by atoms with Crippen molar-refractivity contribution in [3.8, 4) is 0 Å². The Morgan fingerprint density at radius 3 is 2.04 bits per heavy atom. The molecule has 73 heavy (non-hydrogen) atoms. The number of allylic oxidation sites excluding steroid dienone is 1. The molecule has 2 bridgehead atoms. The Morgan fingerprint density at radius 1 is 0.822 bits per heavy atom. The normalized spacial score (nSPS) is 34.4. The van der Waals surface area contributed by atoms with Gasteiger partial charge in [0.05, 0.1) is 12.2 Å². The second-order valence-electron chi connectivity index (χ2n) is 20.9. The summed E-state index contributed by atoms with van der Waals surface area (Å²) >= 11 is 0. The zero-order chi connectivity index (χ0) is 55.1. The molecule has 3 aliphatic rings. The SMILES string of the molecule is CC/C1=C\CC(/C(C)=C/C(C)C(C)OC(C)=O)OC(=O)C2CCCCN2C(=O)C(=O)C2(O)OC(CCC2C)CC(O)C(C)C(OC(C)=O)CC(OC(C)=O)CC(OC(C)=O)/C(C)=C/C(C)CC(C)C1OC(C)=O. The van der Waals surface area contributed by atoms with Gasteiger partial charge in [-0.3, -0.25) is 33.6 Å². The van der Waals surface area contributed by atoms with Crippen molar-refractivity contribution in [2.45, 2.75) is 228 Å². The zero-order valence-electron chi connectivity index (χ0n) is 45.8. The minimum absolute atomic E-state index is 0.0212. The van der Waals surface area contributed by atoms with E-state index in [1.54, 1.807) is 34.6 Å². The quantitative estimate of drug-likeness (QED) is 0.101. The predicted molar refractivity (Wildman–Crippen MR) is 268 cm³/mol. The molecule has 3 heterocycles. The average Bonchev–Trinajstić information content (AvgIpc) is 3.29. The van der Waals surface area contributed by atoms with Crippen LogP contribution in [0.3, 0.4) is 0 Å². The minimum atomic E-state index is -2.63. The zero-order valence-corrected chi connectivity index (χ0v) is 45.8. The topological polar surface area (TPSA) is 245 Å². The third kappa shape index (κ3) is 18.7. The Balaban J connectivity index is 2.26. The molecule has 15 unspecified atom stereocenters. The lowest BCUT2D eigenvalue weighted by Gasteiger charge is -2.43. The maximum absolute atomic E-state index is 14.5. The predicted octanol–water partition coefficient (Wildman–Crippen LogP) is 7.13. The van der Waals surface area contributed by atoms with Gasteiger partial charge in [0.2, 0.25) is 5.79 Å². The van der Waals surface area contributed by atoms with Crippen molar-refractivity contribution in [3.05, 3.63) is 34.9 Å². The van der Waals surface area contributed by atoms with Crippen LogP contribution in [-0.2, 0) is 71.5 Å². The summed E-state index contributed by atoms with van der Waals surface area (Å²) in [6, 6.07) is -1.20. The molecule has 18 nitrogen and oxygen atoms in total. The fourth-order valence-corrected chi connectivity index (χ4v) is 10.3. The number of rotatable bonds is 9. The molecule has 0 aliphatic carbocycles. The molecule has 3 rings (SSSR count). The van der Waals surface area contributed by atoms with Crippen LogP contribution in [0, 0.1) is 29.6 Å². The molecule has 0 saturated carbocycles. The van der Waals surface area contributed by atoms with Gasteiger partial charge in [-0.15, -0.1) is 0 Å². The lowest BCUT2D eigenvalue weighted by molar-refractivity contribution is -0.267. The molecule has 412 valence electrons. The molecule has 0 aromatic heterocycles. The lowest BCUT2D eigenvalue weighted by atomic mass is 9.83. The molecule has 15 atom stereocenters. The van der Waals surface area contributed by atoms with Crippen molar-refractivity contribution in [2.75, 3.05) is 6.54 Å². The van der Waals surface area contributed by atoms with Crippen LogP contribution in [0.2, 0.25) is 0 Å². The number of piperidine rings is 1. The fraction of sp³-hybridized carbons (Fsp3) is 0.745. The number of aliphatic hydroxyl groups excluding tert-OH is 1. The molecule has 18 heteroatoms. The molecule has 2 saturated heterocycles. The molecule has 0 radical (unpaired) electrons. The van der Waals surface area contributed by atoms with E-state index in [2.05, 4.69) is 0 Å². The summed E-state index contributed by atoms with van der Waals surface area (Å²) in [5, 5.41) is 23.8. The second-order valence-corrected chi connectivity index (χ2v) is 20.9. The van der Waals surface area contributed by atoms with Crippen molar-refractivity contribution in [3.63, 3.8) is 0 Å². The lowest BCUT2D eigenvalue weighted by Crippen LogP contribution is -2.61. The van der Waals surface area contributed by atoms with Crippen LogP contribution >= 0.6 is 0 Å². The molecule has 0 aromatic carbocycles. The molecule has 2 fully saturated rings. The van der Waals surface area contributed by atoms with Crippen molar-refractivity contribution < 1.29 is 81.7 Å². The number of carbonyl (C=O) groups is 8. The van der Waals surface area contributed by atoms with E-state index in [-0.39, 0.29) is 69.2 Å². The summed E-state index contributed by atoms with van der Waals surface area (Å²) in [4.78, 5) is 107. The Morgan fingerprint density at radius 2 is 1.45 bits per heavy atom. The number of hydrogen-bond acceptors (Lipinski definition) is 17. The first kappa shape index (κ1) is 62.4. The first-order valence-corrected chi connectivity index (χ1v) is 26.1. The number of fused-ring (bicyclic) bond motifs is 3. The van der Waals surface area contributed by atoms with Crippen molar-refractivity contribution in [1.82, 2.24) is 4.90 Å². The molecule has 1 amide bonds. The van der Waals surface area contributed by atoms with Crippen molar-refractivity contribution in [1.29, 1.82) is 0 Å². The largest absolute Gasteiger partial charge is 0.462 e. The maximum atomic E-state index is 14.5. The van der Waals surface area contributed by atoms with Crippen LogP contribution in [0.1, 0.15) is 168 Å². The summed E-state index contributed by atoms with van der Waals surface area (Å²) < 4.78 is 41.2. The highest BCUT2D eigenvalue weighted by molar-refractivity contribution is 6.39. The highest BCUT2D eigenvalue weighted by Crippen LogP contribution is 2.38. The van der Waals surface area contributed by atoms with Crippen LogP contribution < -0.4 is 0 Å². The summed E-state index contributed by atoms with van der Waals surface area (Å²) in [5.74, 6) is -11.1. The number of aliphatic hydroxyl groups is 2. The highest BCUT2D eigenvalue weighted by atomic mass is 16.6. The Labute approximate surface area is 432 Å². The molecule has 0 aromatic rings. The van der Waals surface area contributed by atoms with E-state index in [1.807, 2.05) is 45.9 Å². The molecule has 3 aliphatic heterocycles. The number of Topliss-reactive ketones (excluding diaryl/α,β-unsaturated/α-hetero) is 1. The van der Waals surface area contributed by atoms with Gasteiger partial charge in [-0.2, -0.15) is 0 Å². The summed E-state index contributed by atoms with van der Waals surface area (Å²) in [5.41, 5.74) is 2.01. The fourth-order valence-electron chi connectivity index (χ4n) is 10.3. The van der Waals surface area contributed by atoms with E-state index >= 15 is 0 Å². The standard InChI is InChI=1S/C55H85NO17/c1-15-43-20-22-48(33(5)26-31(3)37(9)67-38(10)57)72-54(65)46-18-16-17-23-56(46)53(64)52(63)55(66)35(7)19-21-44(73-55)27-47(62)36(8)50(70-41(13)60)29-45(68-39(11)58)28-49(69-40(12)59)32(4)24-30(2)25-34(6)51(43)71-42(14)61/h20,24,26,30-31,34-37,44-51,62,66H,15-19,21-23,25,27-29H2,1-14H3/b32-24+,33-26+,43-20+. The number of carbonyl (C=O) groups excluding carboxylic acids is 8. The Kier molecular flexibility index (Phi) is 24.5. The van der Waals surface area contributed by atoms with Crippen molar-refractivity contribution >= 4 is 47.5 Å². The van der Waals surface area contributed by atoms with Crippen LogP contribution in [0.4, 0.5) is 0 Å². The van der Waals surface area contributed by atoms with Gasteiger partial charge in [-0.1, -0.05) is 59.8 Å². The van der Waals surface area contributed by atoms with Gasteiger partial charge >= 0.3 is 35.8 Å². The molecular weight excluding hydrogens is 947 g/mol. The average molecular weight is 1030 g/mol. The van der Waals surface area contributed by atoms with Crippen LogP contribution in [-0.4, -0.2) is 130 Å². The molecular formula is C55H85NO17. The number of esters is 6. The first-order valence-electron chi connectivity index (χ1n) is 26.1. The van der Waals surface area contributed by atoms with Gasteiger partial charge in [0, 0.05) is 84.6 Å². The van der Waals surface area contributed by atoms with E-state index in [1.165, 1.54) is 34.6 Å². The smallest absolute Gasteiger partial charge is 0.329 e.